The van der Waals surface area contributed by atoms with E-state index in [2.05, 4.69) is 21.2 Å². The van der Waals surface area contributed by atoms with Crippen molar-refractivity contribution in [2.45, 2.75) is 50.9 Å². The molecule has 0 saturated carbocycles. The number of carbonyl (C=O) groups excluding carboxylic acids is 2. The number of amides is 1. The van der Waals surface area contributed by atoms with Gasteiger partial charge in [-0.3, -0.25) is 4.79 Å². The molecule has 0 aliphatic carbocycles. The molecular weight excluding hydrogens is 338 g/mol. The predicted octanol–water partition coefficient (Wildman–Crippen LogP) is 0.380. The van der Waals surface area contributed by atoms with E-state index in [-0.39, 0.29) is 18.7 Å². The summed E-state index contributed by atoms with van der Waals surface area (Å²) in [7, 11) is 1.32. The second kappa shape index (κ2) is 7.56. The molecule has 3 heterocycles. The second-order valence-corrected chi connectivity index (χ2v) is 7.11. The summed E-state index contributed by atoms with van der Waals surface area (Å²) < 4.78 is 12.4. The Morgan fingerprint density at radius 1 is 1.38 bits per heavy atom. The second-order valence-electron chi connectivity index (χ2n) is 7.11. The highest BCUT2D eigenvalue weighted by atomic mass is 16.5. The molecule has 2 unspecified atom stereocenters. The highest BCUT2D eigenvalue weighted by Crippen LogP contribution is 2.28. The number of methoxy groups -OCH3 is 1. The van der Waals surface area contributed by atoms with Crippen LogP contribution in [0.1, 0.15) is 39.3 Å². The first kappa shape index (κ1) is 18.6. The highest BCUT2D eigenvalue weighted by molar-refractivity contribution is 5.92. The summed E-state index contributed by atoms with van der Waals surface area (Å²) in [6, 6.07) is -0.396. The molecule has 1 aromatic rings. The van der Waals surface area contributed by atoms with Crippen molar-refractivity contribution in [2.75, 3.05) is 13.7 Å². The first-order chi connectivity index (χ1) is 12.4. The number of esters is 1. The molecule has 3 rings (SSSR count). The summed E-state index contributed by atoms with van der Waals surface area (Å²) in [5, 5.41) is 2.90. The van der Waals surface area contributed by atoms with E-state index >= 15 is 0 Å². The number of carbonyl (C=O) groups is 2. The van der Waals surface area contributed by atoms with E-state index in [1.807, 2.05) is 24.6 Å². The molecule has 9 nitrogen and oxygen atoms in total. The summed E-state index contributed by atoms with van der Waals surface area (Å²) >= 11 is 0. The van der Waals surface area contributed by atoms with E-state index < -0.39 is 17.6 Å². The van der Waals surface area contributed by atoms with Crippen LogP contribution >= 0.6 is 0 Å². The molecule has 9 heteroatoms. The lowest BCUT2D eigenvalue weighted by Gasteiger charge is -2.34. The Morgan fingerprint density at radius 3 is 2.81 bits per heavy atom. The Morgan fingerprint density at radius 2 is 2.19 bits per heavy atom. The van der Waals surface area contributed by atoms with E-state index in [4.69, 9.17) is 9.47 Å². The van der Waals surface area contributed by atoms with Crippen molar-refractivity contribution in [2.24, 2.45) is 0 Å². The number of hydrazine groups is 1. The van der Waals surface area contributed by atoms with Gasteiger partial charge in [0.2, 0.25) is 5.91 Å². The van der Waals surface area contributed by atoms with E-state index in [1.54, 1.807) is 12.5 Å². The Kier molecular flexibility index (Phi) is 5.40. The summed E-state index contributed by atoms with van der Waals surface area (Å²) in [5.74, 6) is -0.665. The van der Waals surface area contributed by atoms with Gasteiger partial charge in [-0.1, -0.05) is 0 Å². The number of nitrogens with one attached hydrogen (secondary N) is 3. The normalized spacial score (nSPS) is 25.7. The van der Waals surface area contributed by atoms with Crippen molar-refractivity contribution < 1.29 is 19.1 Å². The van der Waals surface area contributed by atoms with Gasteiger partial charge in [0.25, 0.3) is 0 Å². The average molecular weight is 363 g/mol. The van der Waals surface area contributed by atoms with Crippen molar-refractivity contribution in [1.29, 1.82) is 0 Å². The number of hydrogen-bond acceptors (Lipinski definition) is 7. The van der Waals surface area contributed by atoms with Gasteiger partial charge in [0.1, 0.15) is 6.04 Å². The monoisotopic (exact) mass is 363 g/mol. The predicted molar refractivity (Wildman–Crippen MR) is 92.4 cm³/mol. The van der Waals surface area contributed by atoms with Crippen LogP contribution in [-0.2, 0) is 19.1 Å². The first-order valence-electron chi connectivity index (χ1n) is 8.63. The molecule has 1 aromatic heterocycles. The third-order valence-corrected chi connectivity index (χ3v) is 4.63. The third-order valence-electron chi connectivity index (χ3n) is 4.63. The summed E-state index contributed by atoms with van der Waals surface area (Å²) in [6.07, 6.45) is 7.24. The topological polar surface area (TPSA) is 107 Å². The van der Waals surface area contributed by atoms with Crippen LogP contribution in [0.5, 0.6) is 0 Å². The average Bonchev–Trinajstić information content (AvgIpc) is 3.15. The summed E-state index contributed by atoms with van der Waals surface area (Å²) in [6.45, 7) is 3.96. The number of imidazole rings is 1. The lowest BCUT2D eigenvalue weighted by Crippen LogP contribution is -2.55. The van der Waals surface area contributed by atoms with Crippen LogP contribution in [0.4, 0.5) is 0 Å². The summed E-state index contributed by atoms with van der Waals surface area (Å²) in [4.78, 5) is 28.7. The van der Waals surface area contributed by atoms with E-state index in [1.165, 1.54) is 7.11 Å². The first-order valence-corrected chi connectivity index (χ1v) is 8.63. The fraction of sp³-hybridized carbons (Fsp3) is 0.588. The van der Waals surface area contributed by atoms with E-state index in [0.717, 1.165) is 6.42 Å². The lowest BCUT2D eigenvalue weighted by molar-refractivity contribution is -0.138. The van der Waals surface area contributed by atoms with Gasteiger partial charge in [0.05, 0.1) is 37.4 Å². The smallest absolute Gasteiger partial charge is 0.337 e. The minimum Gasteiger partial charge on any atom is -0.466 e. The zero-order chi connectivity index (χ0) is 18.7. The Balaban J connectivity index is 1.64. The lowest BCUT2D eigenvalue weighted by atomic mass is 9.95. The van der Waals surface area contributed by atoms with Crippen molar-refractivity contribution in [3.05, 3.63) is 30.0 Å². The van der Waals surface area contributed by atoms with Gasteiger partial charge in [-0.05, 0) is 26.7 Å². The van der Waals surface area contributed by atoms with Crippen molar-refractivity contribution in [3.8, 4) is 0 Å². The molecule has 2 aliphatic rings. The molecule has 0 radical (unpaired) electrons. The molecule has 1 fully saturated rings. The molecule has 0 spiro atoms. The van der Waals surface area contributed by atoms with Crippen molar-refractivity contribution in [3.63, 3.8) is 0 Å². The van der Waals surface area contributed by atoms with E-state index in [0.29, 0.717) is 24.1 Å². The molecular formula is C17H25N5O4. The molecule has 26 heavy (non-hydrogen) atoms. The van der Waals surface area contributed by atoms with Crippen LogP contribution in [-0.4, -0.2) is 46.8 Å². The highest BCUT2D eigenvalue weighted by Gasteiger charge is 2.34. The SMILES string of the molecule is COC(=O)C1=C(NC(=O)C2CCC(n3ccnc3)NN2)CC(C)(C)OC1. The molecule has 1 saturated heterocycles. The van der Waals surface area contributed by atoms with Gasteiger partial charge in [-0.15, -0.1) is 0 Å². The Hall–Kier alpha value is -2.23. The number of aromatic nitrogens is 2. The number of ether oxygens (including phenoxy) is 2. The standard InChI is InChI=1S/C17H25N5O4/c1-17(2)8-13(11(9-26-17)16(24)25-3)19-15(23)12-4-5-14(21-20-12)22-7-6-18-10-22/h6-7,10,12,14,20-21H,4-5,8-9H2,1-3H3,(H,19,23). The van der Waals surface area contributed by atoms with Gasteiger partial charge in [0.15, 0.2) is 0 Å². The van der Waals surface area contributed by atoms with Crippen molar-refractivity contribution in [1.82, 2.24) is 25.7 Å². The van der Waals surface area contributed by atoms with Crippen LogP contribution in [0.15, 0.2) is 30.0 Å². The van der Waals surface area contributed by atoms with Crippen LogP contribution < -0.4 is 16.2 Å². The number of rotatable bonds is 4. The Bertz CT molecular complexity index is 690. The zero-order valence-electron chi connectivity index (χ0n) is 15.2. The van der Waals surface area contributed by atoms with Gasteiger partial charge in [0, 0.05) is 24.5 Å². The van der Waals surface area contributed by atoms with Gasteiger partial charge >= 0.3 is 5.97 Å². The van der Waals surface area contributed by atoms with Crippen molar-refractivity contribution >= 4 is 11.9 Å². The van der Waals surface area contributed by atoms with Gasteiger partial charge < -0.3 is 19.4 Å². The van der Waals surface area contributed by atoms with Crippen LogP contribution in [0, 0.1) is 0 Å². The molecule has 0 bridgehead atoms. The van der Waals surface area contributed by atoms with Crippen LogP contribution in [0.2, 0.25) is 0 Å². The molecule has 2 atom stereocenters. The molecule has 142 valence electrons. The minimum atomic E-state index is -0.481. The van der Waals surface area contributed by atoms with Crippen LogP contribution in [0.3, 0.4) is 0 Å². The maximum atomic E-state index is 12.7. The molecule has 1 amide bonds. The largest absolute Gasteiger partial charge is 0.466 e. The minimum absolute atomic E-state index is 0.0495. The summed E-state index contributed by atoms with van der Waals surface area (Å²) in [5.41, 5.74) is 6.65. The third kappa shape index (κ3) is 4.12. The molecule has 2 aliphatic heterocycles. The maximum Gasteiger partial charge on any atom is 0.337 e. The van der Waals surface area contributed by atoms with Gasteiger partial charge in [-0.2, -0.15) is 0 Å². The quantitative estimate of drug-likeness (QED) is 0.664. The molecule has 3 N–H and O–H groups in total. The number of nitrogens with zero attached hydrogens (tertiary/aromatic N) is 2. The number of hydrogen-bond donors (Lipinski definition) is 3. The van der Waals surface area contributed by atoms with Crippen LogP contribution in [0.25, 0.3) is 0 Å². The fourth-order valence-electron chi connectivity index (χ4n) is 3.14. The maximum absolute atomic E-state index is 12.7. The zero-order valence-corrected chi connectivity index (χ0v) is 15.2. The van der Waals surface area contributed by atoms with E-state index in [9.17, 15) is 9.59 Å². The van der Waals surface area contributed by atoms with Gasteiger partial charge in [-0.25, -0.2) is 20.6 Å². The fourth-order valence-corrected chi connectivity index (χ4v) is 3.14. The Labute approximate surface area is 152 Å². The molecule has 0 aromatic carbocycles.